The maximum absolute atomic E-state index is 12.9. The Bertz CT molecular complexity index is 824. The number of aromatic nitrogens is 1. The van der Waals surface area contributed by atoms with E-state index in [2.05, 4.69) is 5.32 Å². The van der Waals surface area contributed by atoms with Crippen LogP contribution in [0.2, 0.25) is 0 Å². The number of rotatable bonds is 10. The first-order chi connectivity index (χ1) is 14.3. The summed E-state index contributed by atoms with van der Waals surface area (Å²) in [5.74, 6) is -1.49. The zero-order valence-corrected chi connectivity index (χ0v) is 17.9. The van der Waals surface area contributed by atoms with E-state index in [4.69, 9.17) is 9.84 Å². The molecule has 0 aliphatic heterocycles. The van der Waals surface area contributed by atoms with E-state index in [1.165, 1.54) is 19.3 Å². The van der Waals surface area contributed by atoms with Crippen LogP contribution in [0.3, 0.4) is 0 Å². The van der Waals surface area contributed by atoms with Gasteiger partial charge in [0, 0.05) is 25.1 Å². The van der Waals surface area contributed by atoms with Crippen molar-refractivity contribution in [2.45, 2.75) is 71.8 Å². The Labute approximate surface area is 176 Å². The van der Waals surface area contributed by atoms with Gasteiger partial charge in [-0.25, -0.2) is 0 Å². The van der Waals surface area contributed by atoms with Crippen molar-refractivity contribution in [3.63, 3.8) is 0 Å². The van der Waals surface area contributed by atoms with Crippen LogP contribution in [0.15, 0.2) is 10.9 Å². The normalized spacial score (nSPS) is 14.3. The van der Waals surface area contributed by atoms with Gasteiger partial charge in [-0.15, -0.1) is 0 Å². The van der Waals surface area contributed by atoms with E-state index in [1.54, 1.807) is 10.6 Å². The van der Waals surface area contributed by atoms with Crippen molar-refractivity contribution in [1.82, 2.24) is 9.88 Å². The minimum absolute atomic E-state index is 0.0171. The van der Waals surface area contributed by atoms with Gasteiger partial charge in [-0.3, -0.25) is 19.2 Å². The molecule has 30 heavy (non-hydrogen) atoms. The van der Waals surface area contributed by atoms with Crippen LogP contribution in [0, 0.1) is 19.8 Å². The number of pyridine rings is 1. The van der Waals surface area contributed by atoms with Crippen LogP contribution in [-0.4, -0.2) is 40.7 Å². The molecule has 2 rings (SSSR count). The highest BCUT2D eigenvalue weighted by molar-refractivity contribution is 5.94. The van der Waals surface area contributed by atoms with E-state index in [1.807, 2.05) is 13.8 Å². The van der Waals surface area contributed by atoms with E-state index in [9.17, 15) is 19.2 Å². The highest BCUT2D eigenvalue weighted by Gasteiger charge is 2.20. The molecule has 2 N–H and O–H groups in total. The lowest BCUT2D eigenvalue weighted by atomic mass is 9.89. The summed E-state index contributed by atoms with van der Waals surface area (Å²) in [4.78, 5) is 47.4. The zero-order chi connectivity index (χ0) is 22.1. The third-order valence-corrected chi connectivity index (χ3v) is 5.64. The Kier molecular flexibility index (Phi) is 9.08. The Balaban J connectivity index is 1.91. The molecule has 0 aromatic carbocycles. The number of esters is 1. The number of carboxylic acid groups (broad SMARTS) is 1. The summed E-state index contributed by atoms with van der Waals surface area (Å²) in [5.41, 5.74) is 1.59. The van der Waals surface area contributed by atoms with Gasteiger partial charge in [-0.2, -0.15) is 0 Å². The quantitative estimate of drug-likeness (QED) is 0.444. The van der Waals surface area contributed by atoms with Gasteiger partial charge in [0.15, 0.2) is 0 Å². The SMILES string of the molecule is Cc1cc(C(=O)NCCOC(=O)CCCC(=O)O)c(=O)n(CC2CCCCC2)c1C. The van der Waals surface area contributed by atoms with Crippen molar-refractivity contribution in [1.29, 1.82) is 0 Å². The minimum Gasteiger partial charge on any atom is -0.481 e. The van der Waals surface area contributed by atoms with Gasteiger partial charge in [-0.1, -0.05) is 19.3 Å². The third kappa shape index (κ3) is 7.00. The largest absolute Gasteiger partial charge is 0.481 e. The van der Waals surface area contributed by atoms with Gasteiger partial charge in [-0.05, 0) is 50.7 Å². The summed E-state index contributed by atoms with van der Waals surface area (Å²) in [6, 6.07) is 1.61. The fourth-order valence-corrected chi connectivity index (χ4v) is 3.78. The summed E-state index contributed by atoms with van der Waals surface area (Å²) in [5, 5.41) is 11.2. The molecule has 0 bridgehead atoms. The number of amides is 1. The Morgan fingerprint density at radius 3 is 2.53 bits per heavy atom. The van der Waals surface area contributed by atoms with Gasteiger partial charge in [0.1, 0.15) is 12.2 Å². The van der Waals surface area contributed by atoms with Gasteiger partial charge in [0.2, 0.25) is 0 Å². The molecule has 8 heteroatoms. The van der Waals surface area contributed by atoms with Crippen LogP contribution >= 0.6 is 0 Å². The third-order valence-electron chi connectivity index (χ3n) is 5.64. The summed E-state index contributed by atoms with van der Waals surface area (Å²) in [6.07, 6.45) is 5.98. The van der Waals surface area contributed by atoms with Crippen LogP contribution in [0.25, 0.3) is 0 Å². The molecule has 1 fully saturated rings. The van der Waals surface area contributed by atoms with Gasteiger partial charge < -0.3 is 19.7 Å². The van der Waals surface area contributed by atoms with Gasteiger partial charge in [0.05, 0.1) is 6.54 Å². The monoisotopic (exact) mass is 420 g/mol. The molecule has 1 amide bonds. The number of carbonyl (C=O) groups is 3. The smallest absolute Gasteiger partial charge is 0.305 e. The molecule has 1 aliphatic rings. The molecule has 1 aromatic heterocycles. The molecule has 0 atom stereocenters. The lowest BCUT2D eigenvalue weighted by molar-refractivity contribution is -0.143. The van der Waals surface area contributed by atoms with Crippen molar-refractivity contribution in [2.24, 2.45) is 5.92 Å². The second-order valence-electron chi connectivity index (χ2n) is 7.97. The van der Waals surface area contributed by atoms with Crippen LogP contribution in [-0.2, 0) is 20.9 Å². The van der Waals surface area contributed by atoms with Crippen LogP contribution in [0.5, 0.6) is 0 Å². The van der Waals surface area contributed by atoms with E-state index in [-0.39, 0.29) is 43.5 Å². The number of hydrogen-bond acceptors (Lipinski definition) is 5. The van der Waals surface area contributed by atoms with E-state index in [0.29, 0.717) is 12.5 Å². The second kappa shape index (κ2) is 11.5. The number of ether oxygens (including phenoxy) is 1. The first kappa shape index (κ1) is 23.6. The summed E-state index contributed by atoms with van der Waals surface area (Å²) in [6.45, 7) is 4.49. The molecule has 8 nitrogen and oxygen atoms in total. The van der Waals surface area contributed by atoms with Crippen LogP contribution in [0.4, 0.5) is 0 Å². The number of carboxylic acids is 1. The number of carbonyl (C=O) groups excluding carboxylic acids is 2. The van der Waals surface area contributed by atoms with Crippen LogP contribution in [0.1, 0.15) is 73.0 Å². The molecule has 0 unspecified atom stereocenters. The van der Waals surface area contributed by atoms with Crippen molar-refractivity contribution in [2.75, 3.05) is 13.2 Å². The standard InChI is InChI=1S/C22H32N2O6/c1-15-13-18(21(28)23-11-12-30-20(27)10-6-9-19(25)26)22(29)24(16(15)2)14-17-7-4-3-5-8-17/h13,17H,3-12,14H2,1-2H3,(H,23,28)(H,25,26). The first-order valence-electron chi connectivity index (χ1n) is 10.7. The molecule has 1 aliphatic carbocycles. The molecule has 0 saturated heterocycles. The first-order valence-corrected chi connectivity index (χ1v) is 10.7. The molecule has 1 aromatic rings. The number of nitrogens with one attached hydrogen (secondary N) is 1. The topological polar surface area (TPSA) is 115 Å². The van der Waals surface area contributed by atoms with E-state index >= 15 is 0 Å². The predicted octanol–water partition coefficient (Wildman–Crippen LogP) is 2.57. The molecule has 0 radical (unpaired) electrons. The summed E-state index contributed by atoms with van der Waals surface area (Å²) >= 11 is 0. The Hall–Kier alpha value is -2.64. The fraction of sp³-hybridized carbons (Fsp3) is 0.636. The highest BCUT2D eigenvalue weighted by Crippen LogP contribution is 2.25. The lowest BCUT2D eigenvalue weighted by Gasteiger charge is -2.24. The molecular weight excluding hydrogens is 388 g/mol. The molecule has 166 valence electrons. The average Bonchev–Trinajstić information content (AvgIpc) is 2.71. The number of nitrogens with zero attached hydrogens (tertiary/aromatic N) is 1. The van der Waals surface area contributed by atoms with E-state index in [0.717, 1.165) is 24.1 Å². The number of hydrogen-bond donors (Lipinski definition) is 2. The van der Waals surface area contributed by atoms with Gasteiger partial charge in [0.25, 0.3) is 11.5 Å². The van der Waals surface area contributed by atoms with E-state index < -0.39 is 17.8 Å². The number of aryl methyl sites for hydroxylation is 1. The summed E-state index contributed by atoms with van der Waals surface area (Å²) < 4.78 is 6.70. The van der Waals surface area contributed by atoms with Crippen molar-refractivity contribution in [3.05, 3.63) is 33.2 Å². The zero-order valence-electron chi connectivity index (χ0n) is 17.9. The highest BCUT2D eigenvalue weighted by atomic mass is 16.5. The second-order valence-corrected chi connectivity index (χ2v) is 7.97. The molecule has 0 spiro atoms. The maximum Gasteiger partial charge on any atom is 0.305 e. The lowest BCUT2D eigenvalue weighted by Crippen LogP contribution is -2.37. The average molecular weight is 421 g/mol. The predicted molar refractivity (Wildman–Crippen MR) is 112 cm³/mol. The maximum atomic E-state index is 12.9. The number of aliphatic carboxylic acids is 1. The minimum atomic E-state index is -0.961. The van der Waals surface area contributed by atoms with Crippen molar-refractivity contribution in [3.8, 4) is 0 Å². The Morgan fingerprint density at radius 2 is 1.87 bits per heavy atom. The fourth-order valence-electron chi connectivity index (χ4n) is 3.78. The Morgan fingerprint density at radius 1 is 1.17 bits per heavy atom. The van der Waals surface area contributed by atoms with Gasteiger partial charge >= 0.3 is 11.9 Å². The molecule has 1 saturated carbocycles. The molecule has 1 heterocycles. The van der Waals surface area contributed by atoms with Crippen molar-refractivity contribution < 1.29 is 24.2 Å². The molecular formula is C22H32N2O6. The summed E-state index contributed by atoms with van der Waals surface area (Å²) in [7, 11) is 0. The van der Waals surface area contributed by atoms with Crippen molar-refractivity contribution >= 4 is 17.8 Å². The van der Waals surface area contributed by atoms with Crippen LogP contribution < -0.4 is 10.9 Å².